The van der Waals surface area contributed by atoms with Crippen molar-refractivity contribution in [2.75, 3.05) is 0 Å². The molecule has 58 valence electrons. The maximum absolute atomic E-state index is 10.4. The van der Waals surface area contributed by atoms with E-state index in [4.69, 9.17) is 10.2 Å². The second-order valence-electron chi connectivity index (χ2n) is 1.76. The van der Waals surface area contributed by atoms with Gasteiger partial charge in [-0.3, -0.25) is 9.59 Å². The minimum Gasteiger partial charge on any atom is -0.501 e. The third kappa shape index (κ3) is 1.69. The SMILES string of the molecule is O=C1C=CC(=O)C(O)=C1O.[Fe+2]. The summed E-state index contributed by atoms with van der Waals surface area (Å²) in [4.78, 5) is 20.9. The molecule has 0 radical (unpaired) electrons. The van der Waals surface area contributed by atoms with Crippen molar-refractivity contribution in [1.82, 2.24) is 0 Å². The van der Waals surface area contributed by atoms with E-state index in [0.29, 0.717) is 0 Å². The molecule has 1 rings (SSSR count). The van der Waals surface area contributed by atoms with E-state index in [1.54, 1.807) is 0 Å². The second kappa shape index (κ2) is 3.37. The first kappa shape index (κ1) is 9.94. The summed E-state index contributed by atoms with van der Waals surface area (Å²) in [5, 5.41) is 17.2. The predicted molar refractivity (Wildman–Crippen MR) is 31.4 cm³/mol. The molecule has 4 nitrogen and oxygen atoms in total. The zero-order chi connectivity index (χ0) is 7.72. The van der Waals surface area contributed by atoms with Crippen LogP contribution in [0.15, 0.2) is 23.7 Å². The molecule has 0 atom stereocenters. The Morgan fingerprint density at radius 2 is 1.18 bits per heavy atom. The Hall–Kier alpha value is -1.06. The molecule has 0 aromatic rings. The Balaban J connectivity index is 0.000001000. The summed E-state index contributed by atoms with van der Waals surface area (Å²) in [5.74, 6) is -3.27. The standard InChI is InChI=1S/C6H4O4.Fe/c7-3-1-2-4(8)6(10)5(3)9;/h1-2,9-10H;/q;+2. The van der Waals surface area contributed by atoms with Crippen molar-refractivity contribution in [3.8, 4) is 0 Å². The molecule has 1 aliphatic rings. The Morgan fingerprint density at radius 1 is 0.909 bits per heavy atom. The van der Waals surface area contributed by atoms with Gasteiger partial charge in [-0.1, -0.05) is 0 Å². The maximum Gasteiger partial charge on any atom is 2.00 e. The van der Waals surface area contributed by atoms with Crippen LogP contribution in [0.3, 0.4) is 0 Å². The molecule has 2 N–H and O–H groups in total. The van der Waals surface area contributed by atoms with Gasteiger partial charge in [0.1, 0.15) is 0 Å². The molecule has 0 aliphatic heterocycles. The fraction of sp³-hybridized carbons (Fsp3) is 0. The molecular formula is C6H4FeO4+2. The normalized spacial score (nSPS) is 16.7. The van der Waals surface area contributed by atoms with Crippen LogP contribution in [0.25, 0.3) is 0 Å². The van der Waals surface area contributed by atoms with Crippen LogP contribution in [0.2, 0.25) is 0 Å². The van der Waals surface area contributed by atoms with Gasteiger partial charge < -0.3 is 10.2 Å². The molecule has 5 heteroatoms. The molecule has 0 saturated carbocycles. The van der Waals surface area contributed by atoms with Gasteiger partial charge in [0.05, 0.1) is 0 Å². The fourth-order valence-electron chi connectivity index (χ4n) is 0.543. The number of aliphatic hydroxyl groups is 2. The summed E-state index contributed by atoms with van der Waals surface area (Å²) >= 11 is 0. The number of ketones is 2. The van der Waals surface area contributed by atoms with Gasteiger partial charge in [0.2, 0.25) is 23.1 Å². The van der Waals surface area contributed by atoms with E-state index < -0.39 is 23.1 Å². The van der Waals surface area contributed by atoms with Crippen LogP contribution < -0.4 is 0 Å². The number of carbonyl (C=O) groups excluding carboxylic acids is 2. The Labute approximate surface area is 72.7 Å². The average molecular weight is 196 g/mol. The molecule has 0 heterocycles. The number of hydrogen-bond acceptors (Lipinski definition) is 4. The molecule has 0 unspecified atom stereocenters. The summed E-state index contributed by atoms with van der Waals surface area (Å²) in [6, 6.07) is 0. The van der Waals surface area contributed by atoms with Gasteiger partial charge in [-0.05, 0) is 12.2 Å². The summed E-state index contributed by atoms with van der Waals surface area (Å²) < 4.78 is 0. The minimum atomic E-state index is -0.882. The number of allylic oxidation sites excluding steroid dienone is 2. The summed E-state index contributed by atoms with van der Waals surface area (Å²) in [6.07, 6.45) is 1.80. The molecule has 0 bridgehead atoms. The van der Waals surface area contributed by atoms with Crippen LogP contribution in [-0.2, 0) is 26.7 Å². The number of hydrogen-bond donors (Lipinski definition) is 2. The molecule has 1 aliphatic carbocycles. The van der Waals surface area contributed by atoms with Crippen molar-refractivity contribution < 1.29 is 36.9 Å². The van der Waals surface area contributed by atoms with Crippen LogP contribution in [0, 0.1) is 0 Å². The van der Waals surface area contributed by atoms with Gasteiger partial charge in [0.15, 0.2) is 0 Å². The largest absolute Gasteiger partial charge is 2.00 e. The molecule has 11 heavy (non-hydrogen) atoms. The topological polar surface area (TPSA) is 74.6 Å². The molecule has 0 aromatic carbocycles. The van der Waals surface area contributed by atoms with E-state index in [1.165, 1.54) is 0 Å². The monoisotopic (exact) mass is 196 g/mol. The third-order valence-corrected chi connectivity index (χ3v) is 1.08. The summed E-state index contributed by atoms with van der Waals surface area (Å²) in [7, 11) is 0. The van der Waals surface area contributed by atoms with Crippen molar-refractivity contribution >= 4 is 11.6 Å². The average Bonchev–Trinajstić information content (AvgIpc) is 1.93. The molecule has 0 spiro atoms. The van der Waals surface area contributed by atoms with Crippen molar-refractivity contribution in [3.05, 3.63) is 23.7 Å². The predicted octanol–water partition coefficient (Wildman–Crippen LogP) is 0.0195. The van der Waals surface area contributed by atoms with Gasteiger partial charge in [0.25, 0.3) is 0 Å². The zero-order valence-corrected chi connectivity index (χ0v) is 6.32. The first-order chi connectivity index (χ1) is 4.63. The van der Waals surface area contributed by atoms with Crippen molar-refractivity contribution in [1.29, 1.82) is 0 Å². The Bertz CT molecular complexity index is 238. The summed E-state index contributed by atoms with van der Waals surface area (Å²) in [5.41, 5.74) is 0. The van der Waals surface area contributed by atoms with Gasteiger partial charge in [-0.15, -0.1) is 0 Å². The zero-order valence-electron chi connectivity index (χ0n) is 5.22. The van der Waals surface area contributed by atoms with E-state index in [9.17, 15) is 9.59 Å². The first-order valence-corrected chi connectivity index (χ1v) is 2.52. The van der Waals surface area contributed by atoms with Crippen LogP contribution in [0.1, 0.15) is 0 Å². The molecule has 0 fully saturated rings. The van der Waals surface area contributed by atoms with Gasteiger partial charge in [-0.2, -0.15) is 0 Å². The quantitative estimate of drug-likeness (QED) is 0.423. The van der Waals surface area contributed by atoms with E-state index in [0.717, 1.165) is 12.2 Å². The third-order valence-electron chi connectivity index (χ3n) is 1.08. The van der Waals surface area contributed by atoms with Crippen LogP contribution >= 0.6 is 0 Å². The van der Waals surface area contributed by atoms with Crippen LogP contribution in [-0.4, -0.2) is 21.8 Å². The van der Waals surface area contributed by atoms with Crippen molar-refractivity contribution in [2.45, 2.75) is 0 Å². The van der Waals surface area contributed by atoms with Crippen molar-refractivity contribution in [3.63, 3.8) is 0 Å². The second-order valence-corrected chi connectivity index (χ2v) is 1.76. The van der Waals surface area contributed by atoms with Gasteiger partial charge >= 0.3 is 17.1 Å². The van der Waals surface area contributed by atoms with Crippen LogP contribution in [0.4, 0.5) is 0 Å². The van der Waals surface area contributed by atoms with E-state index in [2.05, 4.69) is 0 Å². The fourth-order valence-corrected chi connectivity index (χ4v) is 0.543. The molecule has 0 saturated heterocycles. The van der Waals surface area contributed by atoms with E-state index >= 15 is 0 Å². The molecule has 0 amide bonds. The molecule has 0 aromatic heterocycles. The Kier molecular flexibility index (Phi) is 3.04. The van der Waals surface area contributed by atoms with Gasteiger partial charge in [0, 0.05) is 0 Å². The smallest absolute Gasteiger partial charge is 0.501 e. The minimum absolute atomic E-state index is 0. The number of aliphatic hydroxyl groups excluding tert-OH is 2. The number of rotatable bonds is 0. The summed E-state index contributed by atoms with van der Waals surface area (Å²) in [6.45, 7) is 0. The maximum atomic E-state index is 10.4. The van der Waals surface area contributed by atoms with Gasteiger partial charge in [-0.25, -0.2) is 0 Å². The number of carbonyl (C=O) groups is 2. The Morgan fingerprint density at radius 3 is 1.45 bits per heavy atom. The molecular weight excluding hydrogens is 192 g/mol. The van der Waals surface area contributed by atoms with Crippen molar-refractivity contribution in [2.24, 2.45) is 0 Å². The first-order valence-electron chi connectivity index (χ1n) is 2.52. The van der Waals surface area contributed by atoms with E-state index in [-0.39, 0.29) is 17.1 Å². The van der Waals surface area contributed by atoms with E-state index in [1.807, 2.05) is 0 Å². The van der Waals surface area contributed by atoms with Crippen LogP contribution in [0.5, 0.6) is 0 Å².